The summed E-state index contributed by atoms with van der Waals surface area (Å²) in [6, 6.07) is 6.56. The van der Waals surface area contributed by atoms with Crippen molar-refractivity contribution in [2.45, 2.75) is 38.8 Å². The zero-order chi connectivity index (χ0) is 13.7. The molecule has 0 radical (unpaired) electrons. The van der Waals surface area contributed by atoms with Crippen molar-refractivity contribution in [3.63, 3.8) is 0 Å². The maximum absolute atomic E-state index is 4.46. The molecule has 0 fully saturated rings. The van der Waals surface area contributed by atoms with Crippen molar-refractivity contribution in [2.24, 2.45) is 7.05 Å². The first-order valence-electron chi connectivity index (χ1n) is 6.86. The second-order valence-corrected chi connectivity index (χ2v) is 4.88. The summed E-state index contributed by atoms with van der Waals surface area (Å²) in [6.45, 7) is 4.34. The second-order valence-electron chi connectivity index (χ2n) is 4.88. The molecule has 2 aromatic rings. The molecule has 4 nitrogen and oxygen atoms in total. The number of rotatable bonds is 6. The number of nitrogens with zero attached hydrogens (tertiary/aromatic N) is 3. The SMILES string of the molecule is CCCC(NC(C)c1nccn1C)c1ccccn1. The Hall–Kier alpha value is -1.68. The molecule has 0 aliphatic heterocycles. The average Bonchev–Trinajstić information content (AvgIpc) is 2.85. The summed E-state index contributed by atoms with van der Waals surface area (Å²) in [6.07, 6.45) is 7.87. The third kappa shape index (κ3) is 3.41. The summed E-state index contributed by atoms with van der Waals surface area (Å²) in [4.78, 5) is 8.87. The molecular weight excluding hydrogens is 236 g/mol. The molecule has 2 aromatic heterocycles. The fourth-order valence-electron chi connectivity index (χ4n) is 2.36. The highest BCUT2D eigenvalue weighted by molar-refractivity contribution is 5.10. The van der Waals surface area contributed by atoms with Crippen LogP contribution >= 0.6 is 0 Å². The van der Waals surface area contributed by atoms with Crippen LogP contribution in [0.2, 0.25) is 0 Å². The molecule has 4 heteroatoms. The lowest BCUT2D eigenvalue weighted by Crippen LogP contribution is -2.27. The van der Waals surface area contributed by atoms with Gasteiger partial charge in [-0.25, -0.2) is 4.98 Å². The van der Waals surface area contributed by atoms with Crippen LogP contribution in [0.15, 0.2) is 36.8 Å². The molecule has 0 aliphatic rings. The molecule has 0 aliphatic carbocycles. The summed E-state index contributed by atoms with van der Waals surface area (Å²) in [5.41, 5.74) is 1.10. The molecule has 0 spiro atoms. The molecule has 19 heavy (non-hydrogen) atoms. The van der Waals surface area contributed by atoms with Gasteiger partial charge in [0.25, 0.3) is 0 Å². The third-order valence-corrected chi connectivity index (χ3v) is 3.32. The van der Waals surface area contributed by atoms with Crippen molar-refractivity contribution in [1.82, 2.24) is 19.9 Å². The molecule has 2 unspecified atom stereocenters. The van der Waals surface area contributed by atoms with Crippen LogP contribution in [-0.2, 0) is 7.05 Å². The number of imidazole rings is 1. The van der Waals surface area contributed by atoms with E-state index in [1.807, 2.05) is 37.8 Å². The van der Waals surface area contributed by atoms with E-state index in [1.165, 1.54) is 0 Å². The molecule has 1 N–H and O–H groups in total. The van der Waals surface area contributed by atoms with E-state index < -0.39 is 0 Å². The van der Waals surface area contributed by atoms with E-state index in [4.69, 9.17) is 0 Å². The van der Waals surface area contributed by atoms with Gasteiger partial charge in [0.15, 0.2) is 0 Å². The van der Waals surface area contributed by atoms with Crippen molar-refractivity contribution in [3.8, 4) is 0 Å². The van der Waals surface area contributed by atoms with Gasteiger partial charge in [-0.05, 0) is 25.5 Å². The van der Waals surface area contributed by atoms with Crippen LogP contribution in [0.1, 0.15) is 50.3 Å². The normalized spacial score (nSPS) is 14.3. The van der Waals surface area contributed by atoms with E-state index in [-0.39, 0.29) is 12.1 Å². The molecule has 2 rings (SSSR count). The molecule has 2 heterocycles. The van der Waals surface area contributed by atoms with Gasteiger partial charge in [0, 0.05) is 25.6 Å². The first kappa shape index (κ1) is 13.7. The number of pyridine rings is 1. The zero-order valence-electron chi connectivity index (χ0n) is 11.9. The maximum atomic E-state index is 4.46. The van der Waals surface area contributed by atoms with Crippen molar-refractivity contribution in [2.75, 3.05) is 0 Å². The summed E-state index contributed by atoms with van der Waals surface area (Å²) in [5.74, 6) is 1.05. The number of nitrogens with one attached hydrogen (secondary N) is 1. The molecule has 0 aromatic carbocycles. The van der Waals surface area contributed by atoms with Crippen molar-refractivity contribution in [1.29, 1.82) is 0 Å². The van der Waals surface area contributed by atoms with Gasteiger partial charge in [-0.15, -0.1) is 0 Å². The topological polar surface area (TPSA) is 42.7 Å². The fourth-order valence-corrected chi connectivity index (χ4v) is 2.36. The highest BCUT2D eigenvalue weighted by Gasteiger charge is 2.17. The molecule has 0 bridgehead atoms. The Balaban J connectivity index is 2.11. The summed E-state index contributed by atoms with van der Waals surface area (Å²) in [5, 5.41) is 3.63. The van der Waals surface area contributed by atoms with E-state index in [0.29, 0.717) is 0 Å². The van der Waals surface area contributed by atoms with Gasteiger partial charge < -0.3 is 4.57 Å². The first-order valence-corrected chi connectivity index (χ1v) is 6.86. The third-order valence-electron chi connectivity index (χ3n) is 3.32. The standard InChI is InChI=1S/C15H22N4/c1-4-7-14(13-8-5-6-9-16-13)18-12(2)15-17-10-11-19(15)3/h5-6,8-12,14,18H,4,7H2,1-3H3. The minimum Gasteiger partial charge on any atom is -0.337 e. The largest absolute Gasteiger partial charge is 0.337 e. The predicted molar refractivity (Wildman–Crippen MR) is 76.6 cm³/mol. The Morgan fingerprint density at radius 2 is 2.11 bits per heavy atom. The van der Waals surface area contributed by atoms with Crippen molar-refractivity contribution < 1.29 is 0 Å². The number of aromatic nitrogens is 3. The van der Waals surface area contributed by atoms with E-state index in [0.717, 1.165) is 24.4 Å². The lowest BCUT2D eigenvalue weighted by molar-refractivity contribution is 0.415. The van der Waals surface area contributed by atoms with Crippen LogP contribution in [0.4, 0.5) is 0 Å². The number of hydrogen-bond donors (Lipinski definition) is 1. The van der Waals surface area contributed by atoms with E-state index in [2.05, 4.69) is 39.8 Å². The summed E-state index contributed by atoms with van der Waals surface area (Å²) >= 11 is 0. The van der Waals surface area contributed by atoms with Crippen LogP contribution in [0.3, 0.4) is 0 Å². The van der Waals surface area contributed by atoms with Crippen LogP contribution in [0.5, 0.6) is 0 Å². The smallest absolute Gasteiger partial charge is 0.125 e. The first-order chi connectivity index (χ1) is 9.22. The fraction of sp³-hybridized carbons (Fsp3) is 0.467. The molecule has 0 amide bonds. The predicted octanol–water partition coefficient (Wildman–Crippen LogP) is 3.01. The monoisotopic (exact) mass is 258 g/mol. The number of aryl methyl sites for hydroxylation is 1. The Morgan fingerprint density at radius 1 is 1.26 bits per heavy atom. The van der Waals surface area contributed by atoms with Gasteiger partial charge in [0.1, 0.15) is 5.82 Å². The van der Waals surface area contributed by atoms with Crippen LogP contribution in [-0.4, -0.2) is 14.5 Å². The zero-order valence-corrected chi connectivity index (χ0v) is 11.9. The minimum absolute atomic E-state index is 0.207. The van der Waals surface area contributed by atoms with E-state index in [1.54, 1.807) is 0 Å². The van der Waals surface area contributed by atoms with Gasteiger partial charge in [-0.2, -0.15) is 0 Å². The van der Waals surface area contributed by atoms with Gasteiger partial charge in [0.2, 0.25) is 0 Å². The molecule has 102 valence electrons. The summed E-state index contributed by atoms with van der Waals surface area (Å²) < 4.78 is 2.05. The van der Waals surface area contributed by atoms with E-state index in [9.17, 15) is 0 Å². The summed E-state index contributed by atoms with van der Waals surface area (Å²) in [7, 11) is 2.02. The van der Waals surface area contributed by atoms with Crippen molar-refractivity contribution in [3.05, 3.63) is 48.3 Å². The Bertz CT molecular complexity index is 492. The maximum Gasteiger partial charge on any atom is 0.125 e. The molecule has 0 saturated heterocycles. The van der Waals surface area contributed by atoms with E-state index >= 15 is 0 Å². The Kier molecular flexibility index (Phi) is 4.68. The number of hydrogen-bond acceptors (Lipinski definition) is 3. The van der Waals surface area contributed by atoms with Crippen LogP contribution in [0, 0.1) is 0 Å². The highest BCUT2D eigenvalue weighted by atomic mass is 15.1. The van der Waals surface area contributed by atoms with Crippen LogP contribution < -0.4 is 5.32 Å². The lowest BCUT2D eigenvalue weighted by atomic mass is 10.1. The van der Waals surface area contributed by atoms with Gasteiger partial charge in [-0.3, -0.25) is 10.3 Å². The molecule has 0 saturated carbocycles. The van der Waals surface area contributed by atoms with Gasteiger partial charge in [-0.1, -0.05) is 19.4 Å². The molecule has 2 atom stereocenters. The Morgan fingerprint density at radius 3 is 2.68 bits per heavy atom. The van der Waals surface area contributed by atoms with Crippen molar-refractivity contribution >= 4 is 0 Å². The Labute approximate surface area is 114 Å². The molecular formula is C15H22N4. The average molecular weight is 258 g/mol. The highest BCUT2D eigenvalue weighted by Crippen LogP contribution is 2.20. The van der Waals surface area contributed by atoms with Gasteiger partial charge in [0.05, 0.1) is 17.8 Å². The van der Waals surface area contributed by atoms with Crippen LogP contribution in [0.25, 0.3) is 0 Å². The quantitative estimate of drug-likeness (QED) is 0.866. The second kappa shape index (κ2) is 6.48. The lowest BCUT2D eigenvalue weighted by Gasteiger charge is -2.22. The van der Waals surface area contributed by atoms with Gasteiger partial charge >= 0.3 is 0 Å². The minimum atomic E-state index is 0.207.